The lowest BCUT2D eigenvalue weighted by molar-refractivity contribution is -0.139. The van der Waals surface area contributed by atoms with Crippen molar-refractivity contribution >= 4 is 33.7 Å². The maximum Gasteiger partial charge on any atom is 0.302 e. The molecule has 2 aromatic rings. The van der Waals surface area contributed by atoms with Gasteiger partial charge in [-0.2, -0.15) is 0 Å². The first-order valence-corrected chi connectivity index (χ1v) is 17.0. The van der Waals surface area contributed by atoms with Crippen LogP contribution in [0, 0.1) is 11.6 Å². The van der Waals surface area contributed by atoms with E-state index in [1.807, 2.05) is 12.1 Å². The van der Waals surface area contributed by atoms with Gasteiger partial charge in [-0.05, 0) is 47.5 Å². The van der Waals surface area contributed by atoms with E-state index < -0.39 is 16.1 Å². The second-order valence-corrected chi connectivity index (χ2v) is 19.6. The molecule has 0 aliphatic rings. The van der Waals surface area contributed by atoms with Gasteiger partial charge in [0.1, 0.15) is 11.6 Å². The van der Waals surface area contributed by atoms with Crippen LogP contribution in [0.3, 0.4) is 0 Å². The SMILES string of the molecule is CC(=O)OC[Si](C)(C)Cc1cccc(F)c1.C[Si](C)(CCl)Cc1cccc(F)c1. The summed E-state index contributed by atoms with van der Waals surface area (Å²) in [5.74, 6) is -0.619. The molecule has 2 aromatic carbocycles. The molecule has 0 bridgehead atoms. The fourth-order valence-electron chi connectivity index (χ4n) is 2.79. The van der Waals surface area contributed by atoms with Gasteiger partial charge in [0.25, 0.3) is 0 Å². The molecule has 0 aliphatic heterocycles. The third kappa shape index (κ3) is 11.3. The van der Waals surface area contributed by atoms with Gasteiger partial charge in [0.2, 0.25) is 0 Å². The average molecular weight is 457 g/mol. The van der Waals surface area contributed by atoms with Crippen molar-refractivity contribution in [2.24, 2.45) is 0 Å². The van der Waals surface area contributed by atoms with Crippen molar-refractivity contribution in [3.63, 3.8) is 0 Å². The fourth-order valence-corrected chi connectivity index (χ4v) is 6.52. The zero-order valence-electron chi connectivity index (χ0n) is 17.9. The number of benzene rings is 2. The fraction of sp³-hybridized carbons (Fsp3) is 0.409. The molecule has 0 saturated carbocycles. The smallest absolute Gasteiger partial charge is 0.302 e. The molecule has 0 aliphatic carbocycles. The molecule has 0 saturated heterocycles. The molecular formula is C22H31ClF2O2Si2. The molecule has 160 valence electrons. The van der Waals surface area contributed by atoms with Crippen LogP contribution in [0.15, 0.2) is 48.5 Å². The molecule has 0 atom stereocenters. The Morgan fingerprint density at radius 3 is 1.72 bits per heavy atom. The second kappa shape index (κ2) is 11.6. The minimum Gasteiger partial charge on any atom is -0.470 e. The van der Waals surface area contributed by atoms with Crippen molar-refractivity contribution in [1.82, 2.24) is 0 Å². The van der Waals surface area contributed by atoms with E-state index in [9.17, 15) is 13.6 Å². The van der Waals surface area contributed by atoms with Crippen LogP contribution in [-0.2, 0) is 21.6 Å². The summed E-state index contributed by atoms with van der Waals surface area (Å²) in [5, 5.41) is 0. The molecule has 2 nitrogen and oxygen atoms in total. The van der Waals surface area contributed by atoms with E-state index in [-0.39, 0.29) is 17.6 Å². The van der Waals surface area contributed by atoms with Crippen molar-refractivity contribution in [2.45, 2.75) is 45.2 Å². The van der Waals surface area contributed by atoms with Crippen LogP contribution >= 0.6 is 11.6 Å². The monoisotopic (exact) mass is 456 g/mol. The van der Waals surface area contributed by atoms with E-state index in [1.54, 1.807) is 24.3 Å². The lowest BCUT2D eigenvalue weighted by Gasteiger charge is -2.21. The van der Waals surface area contributed by atoms with Crippen molar-refractivity contribution < 1.29 is 18.3 Å². The molecule has 0 aromatic heterocycles. The van der Waals surface area contributed by atoms with Gasteiger partial charge in [0.15, 0.2) is 0 Å². The highest BCUT2D eigenvalue weighted by atomic mass is 35.5. The maximum atomic E-state index is 13.0. The zero-order valence-corrected chi connectivity index (χ0v) is 20.7. The van der Waals surface area contributed by atoms with Gasteiger partial charge in [-0.3, -0.25) is 4.79 Å². The van der Waals surface area contributed by atoms with Crippen LogP contribution in [-0.4, -0.2) is 33.9 Å². The minimum atomic E-state index is -1.64. The average Bonchev–Trinajstić information content (AvgIpc) is 2.60. The first kappa shape index (κ1) is 25.5. The summed E-state index contributed by atoms with van der Waals surface area (Å²) in [6.45, 7) is 10.1. The summed E-state index contributed by atoms with van der Waals surface area (Å²) in [5.41, 5.74) is 2.77. The Kier molecular flexibility index (Phi) is 10.2. The van der Waals surface area contributed by atoms with Gasteiger partial charge < -0.3 is 4.74 Å². The summed E-state index contributed by atoms with van der Waals surface area (Å²) in [7, 11) is -2.98. The quantitative estimate of drug-likeness (QED) is 0.285. The Morgan fingerprint density at radius 2 is 1.34 bits per heavy atom. The Morgan fingerprint density at radius 1 is 0.897 bits per heavy atom. The molecular weight excluding hydrogens is 426 g/mol. The van der Waals surface area contributed by atoms with Gasteiger partial charge in [-0.15, -0.1) is 11.6 Å². The molecule has 0 spiro atoms. The van der Waals surface area contributed by atoms with Crippen LogP contribution in [0.4, 0.5) is 8.78 Å². The number of hydrogen-bond acceptors (Lipinski definition) is 2. The normalized spacial score (nSPS) is 11.4. The lowest BCUT2D eigenvalue weighted by Crippen LogP contribution is -2.36. The molecule has 7 heteroatoms. The number of rotatable bonds is 7. The predicted molar refractivity (Wildman–Crippen MR) is 123 cm³/mol. The number of halogens is 3. The van der Waals surface area contributed by atoms with Crippen LogP contribution in [0.2, 0.25) is 26.2 Å². The van der Waals surface area contributed by atoms with E-state index in [2.05, 4.69) is 26.2 Å². The molecule has 0 fully saturated rings. The number of carbonyl (C=O) groups excluding carboxylic acids is 1. The van der Waals surface area contributed by atoms with Crippen molar-refractivity contribution in [1.29, 1.82) is 0 Å². The van der Waals surface area contributed by atoms with Gasteiger partial charge >= 0.3 is 5.97 Å². The summed E-state index contributed by atoms with van der Waals surface area (Å²) in [6.07, 6.45) is 0.485. The Bertz CT molecular complexity index is 798. The number of carbonyl (C=O) groups is 1. The molecule has 0 radical (unpaired) electrons. The Hall–Kier alpha value is -1.51. The topological polar surface area (TPSA) is 26.3 Å². The van der Waals surface area contributed by atoms with Gasteiger partial charge in [0, 0.05) is 12.4 Å². The Balaban J connectivity index is 0.000000296. The minimum absolute atomic E-state index is 0.156. The number of ether oxygens (including phenoxy) is 1. The van der Waals surface area contributed by atoms with E-state index in [0.29, 0.717) is 6.23 Å². The van der Waals surface area contributed by atoms with Gasteiger partial charge in [0.05, 0.1) is 22.4 Å². The highest BCUT2D eigenvalue weighted by Crippen LogP contribution is 2.15. The van der Waals surface area contributed by atoms with E-state index in [4.69, 9.17) is 16.3 Å². The number of esters is 1. The molecule has 0 heterocycles. The third-order valence-electron chi connectivity index (χ3n) is 4.17. The van der Waals surface area contributed by atoms with Gasteiger partial charge in [-0.1, -0.05) is 50.5 Å². The molecule has 0 amide bonds. The third-order valence-corrected chi connectivity index (χ3v) is 10.7. The molecule has 0 N–H and O–H groups in total. The summed E-state index contributed by atoms with van der Waals surface area (Å²) in [6, 6.07) is 15.2. The molecule has 0 unspecified atom stereocenters. The first-order chi connectivity index (χ1) is 13.4. The van der Waals surface area contributed by atoms with Crippen LogP contribution in [0.1, 0.15) is 18.1 Å². The molecule has 2 rings (SSSR count). The second-order valence-electron chi connectivity index (χ2n) is 8.86. The maximum absolute atomic E-state index is 13.0. The van der Waals surface area contributed by atoms with Crippen molar-refractivity contribution in [3.8, 4) is 0 Å². The van der Waals surface area contributed by atoms with E-state index in [1.165, 1.54) is 19.1 Å². The highest BCUT2D eigenvalue weighted by Gasteiger charge is 2.23. The highest BCUT2D eigenvalue weighted by molar-refractivity contribution is 6.82. The van der Waals surface area contributed by atoms with Crippen LogP contribution in [0.25, 0.3) is 0 Å². The van der Waals surface area contributed by atoms with Crippen molar-refractivity contribution in [3.05, 3.63) is 71.3 Å². The standard InChI is InChI=1S/C12H17FO2Si.C10H14ClFSi/c1-10(14)15-9-16(2,3)8-11-5-4-6-12(13)7-11;1-13(2,8-11)7-9-4-3-5-10(12)6-9/h4-7H,8-9H2,1-3H3;3-6H,7-8H2,1-2H3. The summed E-state index contributed by atoms with van der Waals surface area (Å²) < 4.78 is 30.9. The zero-order chi connectivity index (χ0) is 22.1. The predicted octanol–water partition coefficient (Wildman–Crippen LogP) is 6.11. The van der Waals surface area contributed by atoms with Crippen molar-refractivity contribution in [2.75, 3.05) is 11.7 Å². The lowest BCUT2D eigenvalue weighted by atomic mass is 10.2. The number of alkyl halides is 1. The van der Waals surface area contributed by atoms with E-state index in [0.717, 1.165) is 28.7 Å². The first-order valence-electron chi connectivity index (χ1n) is 9.61. The Labute approximate surface area is 180 Å². The summed E-state index contributed by atoms with van der Waals surface area (Å²) >= 11 is 5.85. The molecule has 29 heavy (non-hydrogen) atoms. The summed E-state index contributed by atoms with van der Waals surface area (Å²) in [4.78, 5) is 10.7. The number of hydrogen-bond donors (Lipinski definition) is 0. The van der Waals surface area contributed by atoms with E-state index >= 15 is 0 Å². The van der Waals surface area contributed by atoms with Crippen LogP contribution in [0.5, 0.6) is 0 Å². The van der Waals surface area contributed by atoms with Gasteiger partial charge in [-0.25, -0.2) is 8.78 Å². The largest absolute Gasteiger partial charge is 0.470 e. The van der Waals surface area contributed by atoms with Crippen LogP contribution < -0.4 is 0 Å².